The van der Waals surface area contributed by atoms with Crippen LogP contribution in [0.3, 0.4) is 0 Å². The van der Waals surface area contributed by atoms with Crippen LogP contribution < -0.4 is 5.32 Å². The normalized spacial score (nSPS) is 13.8. The van der Waals surface area contributed by atoms with Crippen LogP contribution in [0.1, 0.15) is 26.3 Å². The van der Waals surface area contributed by atoms with E-state index in [1.807, 2.05) is 0 Å². The number of esters is 1. The minimum absolute atomic E-state index is 0.133. The fraction of sp³-hybridized carbons (Fsp3) is 0.0455. The van der Waals surface area contributed by atoms with Crippen LogP contribution in [0.25, 0.3) is 0 Å². The number of carbonyl (C=O) groups is 2. The van der Waals surface area contributed by atoms with Crippen molar-refractivity contribution in [3.05, 3.63) is 93.5 Å². The topological polar surface area (TPSA) is 102 Å². The number of fused-ring (bicyclic) bond motifs is 1. The fourth-order valence-electron chi connectivity index (χ4n) is 3.03. The summed E-state index contributed by atoms with van der Waals surface area (Å²) in [6, 6.07) is 17.0. The molecule has 1 aliphatic rings. The van der Waals surface area contributed by atoms with Crippen molar-refractivity contribution in [3.8, 4) is 0 Å². The van der Waals surface area contributed by atoms with Crippen molar-refractivity contribution in [1.82, 2.24) is 0 Å². The zero-order valence-electron chi connectivity index (χ0n) is 16.2. The van der Waals surface area contributed by atoms with Crippen molar-refractivity contribution < 1.29 is 22.7 Å². The first-order valence-electron chi connectivity index (χ1n) is 9.21. The number of Topliss-reactive ketones (excluding diaryl/α,β-unsaturated/α-hetero) is 1. The second-order valence-electron chi connectivity index (χ2n) is 6.74. The van der Waals surface area contributed by atoms with Gasteiger partial charge in [-0.1, -0.05) is 35.3 Å². The predicted molar refractivity (Wildman–Crippen MR) is 121 cm³/mol. The molecular weight excluding hydrogens is 475 g/mol. The van der Waals surface area contributed by atoms with Gasteiger partial charge in [0.2, 0.25) is 5.78 Å². The summed E-state index contributed by atoms with van der Waals surface area (Å²) in [7, 11) is -3.74. The molecule has 0 aliphatic carbocycles. The third kappa shape index (κ3) is 4.52. The number of hydrogen-bond donors (Lipinski definition) is 1. The van der Waals surface area contributed by atoms with Crippen molar-refractivity contribution >= 4 is 56.5 Å². The van der Waals surface area contributed by atoms with E-state index < -0.39 is 28.4 Å². The van der Waals surface area contributed by atoms with E-state index in [1.54, 1.807) is 30.3 Å². The molecule has 32 heavy (non-hydrogen) atoms. The molecule has 4 rings (SSSR count). The number of benzene rings is 3. The highest BCUT2D eigenvalue weighted by atomic mass is 35.5. The summed E-state index contributed by atoms with van der Waals surface area (Å²) in [5.41, 5.74) is 1.41. The number of nitrogens with one attached hydrogen (secondary N) is 1. The lowest BCUT2D eigenvalue weighted by molar-refractivity contribution is 0.0475. The number of ether oxygens (including phenoxy) is 1. The largest absolute Gasteiger partial charge is 0.454 e. The van der Waals surface area contributed by atoms with Gasteiger partial charge >= 0.3 is 5.97 Å². The quantitative estimate of drug-likeness (QED) is 0.416. The van der Waals surface area contributed by atoms with Crippen LogP contribution >= 0.6 is 23.2 Å². The lowest BCUT2D eigenvalue weighted by Crippen LogP contribution is -2.15. The average Bonchev–Trinajstić information content (AvgIpc) is 3.02. The SMILES string of the molecule is O=C(OCC(=O)c1ccc(Cl)cc1Cl)c1ccc(NC2=NS(=O)(=O)c3ccccc32)cc1. The number of sulfonamides is 1. The molecule has 0 unspecified atom stereocenters. The van der Waals surface area contributed by atoms with Crippen LogP contribution in [0.2, 0.25) is 10.0 Å². The number of rotatable bonds is 5. The van der Waals surface area contributed by atoms with Gasteiger partial charge < -0.3 is 10.1 Å². The summed E-state index contributed by atoms with van der Waals surface area (Å²) in [4.78, 5) is 24.6. The zero-order valence-corrected chi connectivity index (χ0v) is 18.5. The van der Waals surface area contributed by atoms with Crippen molar-refractivity contribution in [2.45, 2.75) is 4.90 Å². The van der Waals surface area contributed by atoms with E-state index in [9.17, 15) is 18.0 Å². The van der Waals surface area contributed by atoms with E-state index in [1.165, 1.54) is 36.4 Å². The third-order valence-electron chi connectivity index (χ3n) is 4.58. The highest BCUT2D eigenvalue weighted by Crippen LogP contribution is 2.27. The Morgan fingerprint density at radius 3 is 2.41 bits per heavy atom. The second kappa shape index (κ2) is 8.74. The molecule has 3 aromatic carbocycles. The number of amidine groups is 1. The van der Waals surface area contributed by atoms with Crippen molar-refractivity contribution in [3.63, 3.8) is 0 Å². The maximum absolute atomic E-state index is 12.3. The Hall–Kier alpha value is -3.20. The maximum atomic E-state index is 12.3. The highest BCUT2D eigenvalue weighted by molar-refractivity contribution is 7.90. The molecule has 1 heterocycles. The molecule has 3 aromatic rings. The summed E-state index contributed by atoms with van der Waals surface area (Å²) < 4.78 is 33.1. The molecule has 0 radical (unpaired) electrons. The van der Waals surface area contributed by atoms with Crippen LogP contribution in [-0.4, -0.2) is 32.6 Å². The predicted octanol–water partition coefficient (Wildman–Crippen LogP) is 4.59. The molecule has 0 aromatic heterocycles. The van der Waals surface area contributed by atoms with Crippen LogP contribution in [0.5, 0.6) is 0 Å². The highest BCUT2D eigenvalue weighted by Gasteiger charge is 2.28. The van der Waals surface area contributed by atoms with E-state index in [4.69, 9.17) is 27.9 Å². The van der Waals surface area contributed by atoms with Crippen LogP contribution in [0.15, 0.2) is 76.0 Å². The van der Waals surface area contributed by atoms with Gasteiger partial charge in [0.1, 0.15) is 4.90 Å². The van der Waals surface area contributed by atoms with Gasteiger partial charge in [0.25, 0.3) is 10.0 Å². The van der Waals surface area contributed by atoms with Crippen molar-refractivity contribution in [2.24, 2.45) is 4.40 Å². The molecular formula is C22H14Cl2N2O5S. The average molecular weight is 489 g/mol. The molecule has 0 saturated heterocycles. The maximum Gasteiger partial charge on any atom is 0.338 e. The molecule has 0 spiro atoms. The molecule has 0 saturated carbocycles. The van der Waals surface area contributed by atoms with Gasteiger partial charge in [-0.3, -0.25) is 4.79 Å². The summed E-state index contributed by atoms with van der Waals surface area (Å²) in [5.74, 6) is -0.958. The smallest absolute Gasteiger partial charge is 0.338 e. The Kier molecular flexibility index (Phi) is 6.01. The van der Waals surface area contributed by atoms with Gasteiger partial charge in [-0.15, -0.1) is 4.40 Å². The van der Waals surface area contributed by atoms with E-state index >= 15 is 0 Å². The summed E-state index contributed by atoms with van der Waals surface area (Å²) >= 11 is 11.8. The lowest BCUT2D eigenvalue weighted by atomic mass is 10.1. The van der Waals surface area contributed by atoms with E-state index in [-0.39, 0.29) is 26.9 Å². The van der Waals surface area contributed by atoms with Crippen LogP contribution in [0, 0.1) is 0 Å². The summed E-state index contributed by atoms with van der Waals surface area (Å²) in [5, 5.41) is 3.50. The first kappa shape index (κ1) is 22.0. The van der Waals surface area contributed by atoms with E-state index in [2.05, 4.69) is 9.71 Å². The number of halogens is 2. The molecule has 7 nitrogen and oxygen atoms in total. The summed E-state index contributed by atoms with van der Waals surface area (Å²) in [6.45, 7) is -0.481. The van der Waals surface area contributed by atoms with Crippen LogP contribution in [0.4, 0.5) is 5.69 Å². The second-order valence-corrected chi connectivity index (χ2v) is 9.15. The number of hydrogen-bond acceptors (Lipinski definition) is 6. The minimum Gasteiger partial charge on any atom is -0.454 e. The number of carbonyl (C=O) groups excluding carboxylic acids is 2. The van der Waals surface area contributed by atoms with Crippen molar-refractivity contribution in [2.75, 3.05) is 11.9 Å². The van der Waals surface area contributed by atoms with Gasteiger partial charge in [0.05, 0.1) is 10.6 Å². The van der Waals surface area contributed by atoms with Crippen LogP contribution in [-0.2, 0) is 14.8 Å². The minimum atomic E-state index is -3.74. The number of ketones is 1. The Morgan fingerprint density at radius 1 is 0.969 bits per heavy atom. The summed E-state index contributed by atoms with van der Waals surface area (Å²) in [6.07, 6.45) is 0. The molecule has 0 amide bonds. The first-order valence-corrected chi connectivity index (χ1v) is 11.4. The van der Waals surface area contributed by atoms with Gasteiger partial charge in [0, 0.05) is 21.8 Å². The van der Waals surface area contributed by atoms with Gasteiger partial charge in [0.15, 0.2) is 12.4 Å². The zero-order chi connectivity index (χ0) is 22.9. The molecule has 10 heteroatoms. The Labute approximate surface area is 193 Å². The van der Waals surface area contributed by atoms with Gasteiger partial charge in [-0.2, -0.15) is 8.42 Å². The Balaban J connectivity index is 1.41. The first-order chi connectivity index (χ1) is 15.2. The monoisotopic (exact) mass is 488 g/mol. The molecule has 1 N–H and O–H groups in total. The number of nitrogens with zero attached hydrogens (tertiary/aromatic N) is 1. The third-order valence-corrected chi connectivity index (χ3v) is 6.46. The van der Waals surface area contributed by atoms with E-state index in [0.29, 0.717) is 16.3 Å². The lowest BCUT2D eigenvalue weighted by Gasteiger charge is -2.08. The van der Waals surface area contributed by atoms with Crippen molar-refractivity contribution in [1.29, 1.82) is 0 Å². The fourth-order valence-corrected chi connectivity index (χ4v) is 4.72. The molecule has 1 aliphatic heterocycles. The van der Waals surface area contributed by atoms with Gasteiger partial charge in [-0.25, -0.2) is 4.79 Å². The molecule has 0 atom stereocenters. The molecule has 162 valence electrons. The molecule has 0 bridgehead atoms. The Bertz CT molecular complexity index is 1370. The number of anilines is 1. The van der Waals surface area contributed by atoms with Gasteiger partial charge in [-0.05, 0) is 54.6 Å². The molecule has 0 fully saturated rings. The van der Waals surface area contributed by atoms with E-state index in [0.717, 1.165) is 0 Å². The Morgan fingerprint density at radius 2 is 1.69 bits per heavy atom. The standard InChI is InChI=1S/C22H14Cl2N2O5S/c23-14-7-10-16(18(24)11-14)19(27)12-31-22(28)13-5-8-15(9-6-13)25-21-17-3-1-2-4-20(17)32(29,30)26-21/h1-11H,12H2,(H,25,26).